The molecule has 0 aromatic heterocycles. The minimum atomic E-state index is -4.95. The van der Waals surface area contributed by atoms with E-state index < -0.39 is 25.8 Å². The van der Waals surface area contributed by atoms with E-state index in [-0.39, 0.29) is 60.9 Å². The lowest BCUT2D eigenvalue weighted by atomic mass is 10.0. The van der Waals surface area contributed by atoms with Crippen molar-refractivity contribution >= 4 is 54.2 Å². The number of phosphoric ester groups is 1. The smallest absolute Gasteiger partial charge is 0.404 e. The summed E-state index contributed by atoms with van der Waals surface area (Å²) in [6.07, 6.45) is 3.51. The molecule has 2 atom stereocenters. The predicted molar refractivity (Wildman–Crippen MR) is 266 cm³/mol. The molecule has 0 aliphatic heterocycles. The Balaban J connectivity index is 1.38. The fourth-order valence-corrected chi connectivity index (χ4v) is 7.28. The van der Waals surface area contributed by atoms with Crippen LogP contribution in [0.5, 0.6) is 5.75 Å². The highest BCUT2D eigenvalue weighted by Gasteiger charge is 2.26. The highest BCUT2D eigenvalue weighted by molar-refractivity contribution is 7.46. The van der Waals surface area contributed by atoms with Gasteiger partial charge in [0.1, 0.15) is 11.8 Å². The lowest BCUT2D eigenvalue weighted by molar-refractivity contribution is -0.129. The lowest BCUT2D eigenvalue weighted by Crippen LogP contribution is -2.47. The van der Waals surface area contributed by atoms with Gasteiger partial charge in [0.05, 0.1) is 64.2 Å². The maximum atomic E-state index is 15.0. The Hall–Kier alpha value is -5.47. The van der Waals surface area contributed by atoms with Gasteiger partial charge in [-0.05, 0) is 80.3 Å². The number of alkyl halides is 1. The standard InChI is InChI=1S/C50H72FN6O13P/c1-38(58)52-29-31-67-33-35-69-37-36-68-34-32-66-30-27-48(61)54-44(15-8-7-10-16-45(59)39-19-21-40(22-20-39)55-56-41-23-25-42(26-24-41)57(2)3)50(62)53-28-13-6-4-5-9-17-46(60)49(51)43-14-11-12-18-47(43)70-71(63,64)65/h11-12,14,18-26,44,49H,4-10,13,15-17,27-37H2,1-3H3,(H,52,58)(H,53,62)(H,54,61)(H2,63,64,65). The highest BCUT2D eigenvalue weighted by Crippen LogP contribution is 2.41. The van der Waals surface area contributed by atoms with Gasteiger partial charge in [0.15, 0.2) is 17.7 Å². The van der Waals surface area contributed by atoms with E-state index in [0.717, 1.165) is 18.5 Å². The van der Waals surface area contributed by atoms with E-state index in [1.54, 1.807) is 24.3 Å². The molecular formula is C50H72FN6O13P. The van der Waals surface area contributed by atoms with Gasteiger partial charge < -0.3 is 44.3 Å². The van der Waals surface area contributed by atoms with Crippen molar-refractivity contribution in [2.75, 3.05) is 84.9 Å². The summed E-state index contributed by atoms with van der Waals surface area (Å²) in [5.41, 5.74) is 2.72. The Labute approximate surface area is 416 Å². The number of nitrogens with zero attached hydrogens (tertiary/aromatic N) is 3. The largest absolute Gasteiger partial charge is 0.524 e. The van der Waals surface area contributed by atoms with Crippen LogP contribution in [0, 0.1) is 0 Å². The maximum Gasteiger partial charge on any atom is 0.524 e. The molecule has 3 aromatic carbocycles. The zero-order valence-corrected chi connectivity index (χ0v) is 42.1. The molecule has 71 heavy (non-hydrogen) atoms. The fourth-order valence-electron chi connectivity index (χ4n) is 6.85. The second-order valence-corrected chi connectivity index (χ2v) is 17.9. The number of ketones is 2. The Morgan fingerprint density at radius 3 is 1.82 bits per heavy atom. The average molecular weight is 1020 g/mol. The minimum Gasteiger partial charge on any atom is -0.404 e. The molecule has 0 aliphatic carbocycles. The molecule has 0 spiro atoms. The molecule has 21 heteroatoms. The number of Topliss-reactive ketones (excluding diaryl/α,β-unsaturated/α-hetero) is 2. The molecule has 0 saturated carbocycles. The van der Waals surface area contributed by atoms with E-state index in [2.05, 4.69) is 30.7 Å². The SMILES string of the molecule is CC(=O)NCCOCCOCCOCCOCCC(=O)NC(CCCCCC(=O)c1ccc(N=Nc2ccc(N(C)C)cc2)cc1)C(=O)NCCCCCCCC(=O)C(F)c1ccccc1OP(=O)(O)O. The third-order valence-corrected chi connectivity index (χ3v) is 11.1. The van der Waals surface area contributed by atoms with Gasteiger partial charge in [0, 0.05) is 70.2 Å². The molecule has 3 aromatic rings. The van der Waals surface area contributed by atoms with Crippen molar-refractivity contribution in [3.63, 3.8) is 0 Å². The van der Waals surface area contributed by atoms with E-state index >= 15 is 0 Å². The number of amides is 3. The Morgan fingerprint density at radius 2 is 1.20 bits per heavy atom. The summed E-state index contributed by atoms with van der Waals surface area (Å²) in [5.74, 6) is -1.90. The van der Waals surface area contributed by atoms with Gasteiger partial charge in [0.2, 0.25) is 17.7 Å². The molecule has 0 fully saturated rings. The van der Waals surface area contributed by atoms with Gasteiger partial charge in [-0.2, -0.15) is 10.2 Å². The summed E-state index contributed by atoms with van der Waals surface area (Å²) >= 11 is 0. The third-order valence-electron chi connectivity index (χ3n) is 10.7. The van der Waals surface area contributed by atoms with Crippen molar-refractivity contribution in [1.29, 1.82) is 0 Å². The van der Waals surface area contributed by atoms with Gasteiger partial charge in [-0.3, -0.25) is 33.8 Å². The number of benzene rings is 3. The van der Waals surface area contributed by atoms with Crippen LogP contribution in [0.1, 0.15) is 106 Å². The summed E-state index contributed by atoms with van der Waals surface area (Å²) in [6.45, 7) is 4.87. The predicted octanol–water partition coefficient (Wildman–Crippen LogP) is 7.59. The van der Waals surface area contributed by atoms with Gasteiger partial charge in [0.25, 0.3) is 0 Å². The van der Waals surface area contributed by atoms with Crippen molar-refractivity contribution < 1.29 is 66.2 Å². The topological polar surface area (TPSA) is 253 Å². The number of para-hydroxylation sites is 1. The normalized spacial score (nSPS) is 12.3. The summed E-state index contributed by atoms with van der Waals surface area (Å²) in [5, 5.41) is 17.0. The average Bonchev–Trinajstić information content (AvgIpc) is 3.34. The molecule has 3 rings (SSSR count). The fraction of sp³-hybridized carbons (Fsp3) is 0.540. The van der Waals surface area contributed by atoms with Crippen LogP contribution in [0.4, 0.5) is 21.5 Å². The van der Waals surface area contributed by atoms with E-state index in [1.165, 1.54) is 31.2 Å². The van der Waals surface area contributed by atoms with Gasteiger partial charge in [-0.1, -0.05) is 50.3 Å². The number of hydrogen-bond acceptors (Lipinski definition) is 14. The Bertz CT molecular complexity index is 2130. The second kappa shape index (κ2) is 34.8. The second-order valence-electron chi connectivity index (χ2n) is 16.7. The van der Waals surface area contributed by atoms with Crippen molar-refractivity contribution in [3.05, 3.63) is 83.9 Å². The van der Waals surface area contributed by atoms with Crippen molar-refractivity contribution in [1.82, 2.24) is 16.0 Å². The maximum absolute atomic E-state index is 15.0. The summed E-state index contributed by atoms with van der Waals surface area (Å²) in [6, 6.07) is 19.1. The number of carbonyl (C=O) groups excluding carboxylic acids is 5. The molecule has 0 heterocycles. The molecule has 2 unspecified atom stereocenters. The van der Waals surface area contributed by atoms with E-state index in [0.29, 0.717) is 121 Å². The number of rotatable bonds is 39. The summed E-state index contributed by atoms with van der Waals surface area (Å²) in [7, 11) is -1.02. The lowest BCUT2D eigenvalue weighted by Gasteiger charge is -2.19. The Morgan fingerprint density at radius 1 is 0.648 bits per heavy atom. The van der Waals surface area contributed by atoms with Crippen LogP contribution in [-0.4, -0.2) is 125 Å². The molecule has 0 saturated heterocycles. The highest BCUT2D eigenvalue weighted by atomic mass is 31.2. The number of halogens is 1. The molecular weight excluding hydrogens is 943 g/mol. The van der Waals surface area contributed by atoms with Crippen LogP contribution in [0.15, 0.2) is 83.0 Å². The van der Waals surface area contributed by atoms with Crippen LogP contribution < -0.4 is 25.4 Å². The van der Waals surface area contributed by atoms with E-state index in [4.69, 9.17) is 28.7 Å². The van der Waals surface area contributed by atoms with Crippen molar-refractivity contribution in [2.45, 2.75) is 96.2 Å². The monoisotopic (exact) mass is 1010 g/mol. The molecule has 0 aliphatic rings. The number of hydrogen-bond donors (Lipinski definition) is 5. The number of nitrogens with one attached hydrogen (secondary N) is 3. The van der Waals surface area contributed by atoms with E-state index in [9.17, 15) is 32.9 Å². The molecule has 0 radical (unpaired) electrons. The zero-order valence-electron chi connectivity index (χ0n) is 41.2. The quantitative estimate of drug-likeness (QED) is 0.0160. The molecule has 19 nitrogen and oxygen atoms in total. The molecule has 5 N–H and O–H groups in total. The minimum absolute atomic E-state index is 0.0119. The number of anilines is 1. The van der Waals surface area contributed by atoms with Gasteiger partial charge >= 0.3 is 7.82 Å². The van der Waals surface area contributed by atoms with E-state index in [1.807, 2.05) is 43.3 Å². The molecule has 0 bridgehead atoms. The van der Waals surface area contributed by atoms with Gasteiger partial charge in [-0.25, -0.2) is 8.96 Å². The summed E-state index contributed by atoms with van der Waals surface area (Å²) < 4.78 is 52.6. The van der Waals surface area contributed by atoms with Crippen LogP contribution >= 0.6 is 7.82 Å². The third kappa shape index (κ3) is 27.1. The van der Waals surface area contributed by atoms with Crippen LogP contribution in [0.2, 0.25) is 0 Å². The van der Waals surface area contributed by atoms with Gasteiger partial charge in [-0.15, -0.1) is 0 Å². The van der Waals surface area contributed by atoms with Crippen molar-refractivity contribution in [3.8, 4) is 5.75 Å². The number of carbonyl (C=O) groups is 5. The van der Waals surface area contributed by atoms with Crippen molar-refractivity contribution in [2.24, 2.45) is 10.2 Å². The number of ether oxygens (including phenoxy) is 4. The first kappa shape index (κ1) is 59.8. The first-order chi connectivity index (χ1) is 34.1. The van der Waals surface area contributed by atoms with Crippen LogP contribution in [0.25, 0.3) is 0 Å². The zero-order chi connectivity index (χ0) is 51.7. The Kier molecular flexibility index (Phi) is 29.3. The number of phosphoric acid groups is 1. The summed E-state index contributed by atoms with van der Waals surface area (Å²) in [4.78, 5) is 82.9. The molecule has 3 amide bonds. The number of unbranched alkanes of at least 4 members (excludes halogenated alkanes) is 6. The first-order valence-corrected chi connectivity index (χ1v) is 25.6. The first-order valence-electron chi connectivity index (χ1n) is 24.1. The van der Waals surface area contributed by atoms with Crippen LogP contribution in [0.3, 0.4) is 0 Å². The van der Waals surface area contributed by atoms with Crippen LogP contribution in [-0.2, 0) is 42.7 Å². The number of azo groups is 1. The molecule has 392 valence electrons.